The molecule has 0 spiro atoms. The Bertz CT molecular complexity index is 960. The predicted octanol–water partition coefficient (Wildman–Crippen LogP) is 10.5. The van der Waals surface area contributed by atoms with Crippen LogP contribution >= 0.6 is 0 Å². The van der Waals surface area contributed by atoms with Gasteiger partial charge in [0, 0.05) is 0 Å². The lowest BCUT2D eigenvalue weighted by Gasteiger charge is -2.38. The summed E-state index contributed by atoms with van der Waals surface area (Å²) < 4.78 is 29.2. The van der Waals surface area contributed by atoms with Gasteiger partial charge in [-0.1, -0.05) is 75.1 Å². The molecule has 0 heterocycles. The number of halogens is 2. The second-order valence-corrected chi connectivity index (χ2v) is 12.0. The maximum atomic E-state index is 14.7. The lowest BCUT2D eigenvalue weighted by molar-refractivity contribution is 0.157. The first-order chi connectivity index (χ1) is 18.1. The van der Waals surface area contributed by atoms with E-state index in [1.165, 1.54) is 62.5 Å². The average molecular weight is 507 g/mol. The molecule has 2 aliphatic rings. The third-order valence-electron chi connectivity index (χ3n) is 9.53. The fourth-order valence-corrected chi connectivity index (χ4v) is 7.04. The molecule has 0 radical (unpaired) electrons. The van der Waals surface area contributed by atoms with Crippen molar-refractivity contribution in [1.82, 2.24) is 0 Å². The molecule has 37 heavy (non-hydrogen) atoms. The zero-order valence-electron chi connectivity index (χ0n) is 23.1. The van der Waals surface area contributed by atoms with Crippen molar-refractivity contribution < 1.29 is 8.78 Å². The van der Waals surface area contributed by atoms with Crippen LogP contribution in [0.5, 0.6) is 0 Å². The molecule has 0 unspecified atom stereocenters. The van der Waals surface area contributed by atoms with E-state index in [0.29, 0.717) is 29.9 Å². The Balaban J connectivity index is 1.18. The number of benzene rings is 2. The number of allylic oxidation sites excluding steroid dienone is 1. The van der Waals surface area contributed by atoms with Crippen LogP contribution in [-0.4, -0.2) is 0 Å². The number of hydrogen-bond donors (Lipinski definition) is 0. The molecular formula is C35H48F2. The Labute approximate surface area is 225 Å². The zero-order valence-corrected chi connectivity index (χ0v) is 23.1. The summed E-state index contributed by atoms with van der Waals surface area (Å²) >= 11 is 0. The lowest BCUT2D eigenvalue weighted by Crippen LogP contribution is -2.25. The Morgan fingerprint density at radius 2 is 1.32 bits per heavy atom. The van der Waals surface area contributed by atoms with Crippen LogP contribution in [0.3, 0.4) is 0 Å². The molecular weight excluding hydrogens is 458 g/mol. The van der Waals surface area contributed by atoms with Crippen LogP contribution in [0.1, 0.15) is 119 Å². The topological polar surface area (TPSA) is 0 Å². The van der Waals surface area contributed by atoms with Gasteiger partial charge in [-0.2, -0.15) is 0 Å². The maximum absolute atomic E-state index is 14.7. The molecule has 2 aromatic rings. The van der Waals surface area contributed by atoms with Gasteiger partial charge >= 0.3 is 0 Å². The third kappa shape index (κ3) is 7.78. The molecule has 0 aromatic heterocycles. The van der Waals surface area contributed by atoms with Crippen LogP contribution in [0, 0.1) is 29.4 Å². The van der Waals surface area contributed by atoms with Crippen LogP contribution in [0.15, 0.2) is 49.1 Å². The minimum Gasteiger partial charge on any atom is -0.203 e. The summed E-state index contributed by atoms with van der Waals surface area (Å²) in [6, 6.07) is 13.0. The lowest BCUT2D eigenvalue weighted by atomic mass is 9.68. The summed E-state index contributed by atoms with van der Waals surface area (Å²) in [5.74, 6) is 1.96. The molecule has 0 aliphatic heterocycles. The van der Waals surface area contributed by atoms with E-state index in [9.17, 15) is 8.78 Å². The van der Waals surface area contributed by atoms with E-state index in [-0.39, 0.29) is 0 Å². The minimum absolute atomic E-state index is 0.547. The predicted molar refractivity (Wildman–Crippen MR) is 153 cm³/mol. The summed E-state index contributed by atoms with van der Waals surface area (Å²) in [4.78, 5) is 0. The Morgan fingerprint density at radius 1 is 0.730 bits per heavy atom. The third-order valence-corrected chi connectivity index (χ3v) is 9.53. The summed E-state index contributed by atoms with van der Waals surface area (Å²) in [7, 11) is 0. The summed E-state index contributed by atoms with van der Waals surface area (Å²) in [5.41, 5.74) is 4.07. The first-order valence-electron chi connectivity index (χ1n) is 15.2. The summed E-state index contributed by atoms with van der Waals surface area (Å²) in [6.45, 7) is 5.96. The Morgan fingerprint density at radius 3 is 1.92 bits per heavy atom. The van der Waals surface area contributed by atoms with Crippen molar-refractivity contribution in [3.63, 3.8) is 0 Å². The summed E-state index contributed by atoms with van der Waals surface area (Å²) in [6.07, 6.45) is 20.1. The molecule has 2 aromatic carbocycles. The minimum atomic E-state index is -0.600. The van der Waals surface area contributed by atoms with Gasteiger partial charge in [0.15, 0.2) is 11.6 Å². The van der Waals surface area contributed by atoms with Gasteiger partial charge in [0.05, 0.1) is 0 Å². The van der Waals surface area contributed by atoms with Crippen molar-refractivity contribution in [3.05, 3.63) is 82.9 Å². The molecule has 4 rings (SSSR count). The molecule has 2 aliphatic carbocycles. The Kier molecular flexibility index (Phi) is 10.8. The molecule has 0 N–H and O–H groups in total. The normalized spacial score (nSPS) is 24.2. The van der Waals surface area contributed by atoms with E-state index in [0.717, 1.165) is 56.3 Å². The largest absolute Gasteiger partial charge is 0.203 e. The standard InChI is InChI=1S/C35H48F2/c1-3-5-7-9-32-24-25-33(35(37)34(32)36)19-14-27-12-17-29(18-13-27)31-22-20-30(21-23-31)28-15-10-26(11-16-28)8-6-4-2/h4,10-11,15-16,24-25,27,29-31H,2-3,5-9,12-14,17-23H2,1H3. The highest BCUT2D eigenvalue weighted by atomic mass is 19.2. The molecule has 0 amide bonds. The van der Waals surface area contributed by atoms with Crippen molar-refractivity contribution in [3.8, 4) is 0 Å². The molecule has 2 fully saturated rings. The van der Waals surface area contributed by atoms with E-state index >= 15 is 0 Å². The van der Waals surface area contributed by atoms with Gasteiger partial charge in [-0.05, 0) is 123 Å². The van der Waals surface area contributed by atoms with Gasteiger partial charge < -0.3 is 0 Å². The molecule has 2 saturated carbocycles. The monoisotopic (exact) mass is 506 g/mol. The van der Waals surface area contributed by atoms with E-state index in [2.05, 4.69) is 37.8 Å². The average Bonchev–Trinajstić information content (AvgIpc) is 2.94. The molecule has 0 saturated heterocycles. The maximum Gasteiger partial charge on any atom is 0.162 e. The smallest absolute Gasteiger partial charge is 0.162 e. The highest BCUT2D eigenvalue weighted by molar-refractivity contribution is 5.27. The van der Waals surface area contributed by atoms with Gasteiger partial charge in [0.2, 0.25) is 0 Å². The van der Waals surface area contributed by atoms with E-state index in [1.807, 2.05) is 18.2 Å². The molecule has 0 bridgehead atoms. The molecule has 0 nitrogen and oxygen atoms in total. The second-order valence-electron chi connectivity index (χ2n) is 12.0. The van der Waals surface area contributed by atoms with E-state index in [4.69, 9.17) is 0 Å². The fraction of sp³-hybridized carbons (Fsp3) is 0.600. The highest BCUT2D eigenvalue weighted by Gasteiger charge is 2.31. The van der Waals surface area contributed by atoms with Gasteiger partial charge in [0.25, 0.3) is 0 Å². The van der Waals surface area contributed by atoms with Crippen molar-refractivity contribution >= 4 is 0 Å². The van der Waals surface area contributed by atoms with Crippen LogP contribution < -0.4 is 0 Å². The van der Waals surface area contributed by atoms with Crippen molar-refractivity contribution in [2.45, 2.75) is 116 Å². The zero-order chi connectivity index (χ0) is 26.0. The second kappa shape index (κ2) is 14.3. The number of rotatable bonds is 12. The molecule has 202 valence electrons. The van der Waals surface area contributed by atoms with E-state index in [1.54, 1.807) is 0 Å². The summed E-state index contributed by atoms with van der Waals surface area (Å²) in [5, 5.41) is 0. The van der Waals surface area contributed by atoms with Crippen LogP contribution in [-0.2, 0) is 19.3 Å². The van der Waals surface area contributed by atoms with E-state index < -0.39 is 11.6 Å². The first-order valence-corrected chi connectivity index (χ1v) is 15.2. The highest BCUT2D eigenvalue weighted by Crippen LogP contribution is 2.44. The van der Waals surface area contributed by atoms with Crippen LogP contribution in [0.4, 0.5) is 8.78 Å². The van der Waals surface area contributed by atoms with Crippen molar-refractivity contribution in [2.75, 3.05) is 0 Å². The van der Waals surface area contributed by atoms with Crippen LogP contribution in [0.2, 0.25) is 0 Å². The van der Waals surface area contributed by atoms with Crippen molar-refractivity contribution in [1.29, 1.82) is 0 Å². The van der Waals surface area contributed by atoms with Gasteiger partial charge in [-0.25, -0.2) is 8.78 Å². The van der Waals surface area contributed by atoms with Crippen LogP contribution in [0.25, 0.3) is 0 Å². The SMILES string of the molecule is C=CCCc1ccc(C2CCC(C3CCC(CCc4ccc(CCCCC)c(F)c4F)CC3)CC2)cc1. The molecule has 0 atom stereocenters. The number of aryl methyl sites for hydroxylation is 3. The van der Waals surface area contributed by atoms with Crippen molar-refractivity contribution in [2.24, 2.45) is 17.8 Å². The first kappa shape index (κ1) is 28.1. The number of hydrogen-bond acceptors (Lipinski definition) is 0. The van der Waals surface area contributed by atoms with Gasteiger partial charge in [-0.15, -0.1) is 6.58 Å². The van der Waals surface area contributed by atoms with Gasteiger partial charge in [0.1, 0.15) is 0 Å². The molecule has 2 heteroatoms. The fourth-order valence-electron chi connectivity index (χ4n) is 7.04. The van der Waals surface area contributed by atoms with Gasteiger partial charge in [-0.3, -0.25) is 0 Å². The number of unbranched alkanes of at least 4 members (excludes halogenated alkanes) is 2. The Hall–Kier alpha value is -1.96. The quantitative estimate of drug-likeness (QED) is 0.198.